The lowest BCUT2D eigenvalue weighted by Gasteiger charge is -2.14. The van der Waals surface area contributed by atoms with Crippen LogP contribution in [-0.4, -0.2) is 33.9 Å². The summed E-state index contributed by atoms with van der Waals surface area (Å²) in [6.45, 7) is 3.55. The van der Waals surface area contributed by atoms with E-state index in [1.165, 1.54) is 0 Å². The van der Waals surface area contributed by atoms with Crippen LogP contribution in [0.25, 0.3) is 10.2 Å². The van der Waals surface area contributed by atoms with Crippen LogP contribution in [0.5, 0.6) is 0 Å². The Morgan fingerprint density at radius 2 is 2.05 bits per heavy atom. The Balaban J connectivity index is 1.77. The van der Waals surface area contributed by atoms with Crippen molar-refractivity contribution in [2.24, 2.45) is 0 Å². The van der Waals surface area contributed by atoms with E-state index in [1.807, 2.05) is 19.4 Å². The topological polar surface area (TPSA) is 53.9 Å². The number of nitrogens with zero attached hydrogens (tertiary/aromatic N) is 4. The van der Waals surface area contributed by atoms with Crippen LogP contribution in [-0.2, 0) is 13.1 Å². The van der Waals surface area contributed by atoms with Crippen molar-refractivity contribution < 1.29 is 0 Å². The van der Waals surface area contributed by atoms with Gasteiger partial charge in [0.05, 0.1) is 22.6 Å². The van der Waals surface area contributed by atoms with Gasteiger partial charge in [-0.2, -0.15) is 0 Å². The van der Waals surface area contributed by atoms with Crippen molar-refractivity contribution in [1.82, 2.24) is 19.9 Å². The molecule has 0 bridgehead atoms. The number of thiophene rings is 1. The van der Waals surface area contributed by atoms with Crippen LogP contribution >= 0.6 is 22.7 Å². The molecule has 5 nitrogen and oxygen atoms in total. The molecule has 0 unspecified atom stereocenters. The van der Waals surface area contributed by atoms with Gasteiger partial charge in [-0.05, 0) is 25.4 Å². The second kappa shape index (κ2) is 6.05. The SMILES string of the molecule is CNc1nc(CN(C)Cc2csc(C)n2)nc2sccc12. The van der Waals surface area contributed by atoms with Gasteiger partial charge in [0.2, 0.25) is 0 Å². The van der Waals surface area contributed by atoms with Gasteiger partial charge in [-0.25, -0.2) is 15.0 Å². The maximum absolute atomic E-state index is 4.64. The van der Waals surface area contributed by atoms with Crippen LogP contribution in [0.4, 0.5) is 5.82 Å². The second-order valence-corrected chi connectivity index (χ2v) is 6.86. The van der Waals surface area contributed by atoms with E-state index < -0.39 is 0 Å². The standard InChI is InChI=1S/C14H17N5S2/c1-9-16-10(8-21-9)6-19(3)7-12-17-13(15-2)11-4-5-20-14(11)18-12/h4-5,8H,6-7H2,1-3H3,(H,15,17,18). The van der Waals surface area contributed by atoms with Gasteiger partial charge < -0.3 is 5.32 Å². The number of thiazole rings is 1. The van der Waals surface area contributed by atoms with E-state index in [0.29, 0.717) is 6.54 Å². The van der Waals surface area contributed by atoms with Crippen molar-refractivity contribution in [1.29, 1.82) is 0 Å². The second-order valence-electron chi connectivity index (χ2n) is 4.91. The zero-order valence-corrected chi connectivity index (χ0v) is 13.9. The lowest BCUT2D eigenvalue weighted by Crippen LogP contribution is -2.19. The summed E-state index contributed by atoms with van der Waals surface area (Å²) in [4.78, 5) is 16.9. The minimum absolute atomic E-state index is 0.707. The number of aromatic nitrogens is 3. The normalized spacial score (nSPS) is 11.4. The summed E-state index contributed by atoms with van der Waals surface area (Å²) >= 11 is 3.33. The summed E-state index contributed by atoms with van der Waals surface area (Å²) in [5.74, 6) is 1.73. The Bertz CT molecular complexity index is 749. The fourth-order valence-electron chi connectivity index (χ4n) is 2.22. The van der Waals surface area contributed by atoms with E-state index in [1.54, 1.807) is 22.7 Å². The molecular formula is C14H17N5S2. The van der Waals surface area contributed by atoms with Crippen LogP contribution in [0.3, 0.4) is 0 Å². The number of aryl methyl sites for hydroxylation is 1. The van der Waals surface area contributed by atoms with Crippen molar-refractivity contribution in [3.63, 3.8) is 0 Å². The van der Waals surface area contributed by atoms with Gasteiger partial charge in [-0.3, -0.25) is 4.90 Å². The lowest BCUT2D eigenvalue weighted by atomic mass is 10.3. The van der Waals surface area contributed by atoms with E-state index in [0.717, 1.165) is 39.1 Å². The van der Waals surface area contributed by atoms with Crippen LogP contribution in [0.1, 0.15) is 16.5 Å². The van der Waals surface area contributed by atoms with E-state index >= 15 is 0 Å². The Labute approximate surface area is 131 Å². The average Bonchev–Trinajstić information content (AvgIpc) is 3.06. The smallest absolute Gasteiger partial charge is 0.146 e. The third-order valence-electron chi connectivity index (χ3n) is 3.12. The molecule has 0 atom stereocenters. The molecule has 110 valence electrons. The van der Waals surface area contributed by atoms with E-state index in [9.17, 15) is 0 Å². The number of anilines is 1. The molecule has 21 heavy (non-hydrogen) atoms. The van der Waals surface area contributed by atoms with Crippen molar-refractivity contribution in [2.45, 2.75) is 20.0 Å². The summed E-state index contributed by atoms with van der Waals surface area (Å²) < 4.78 is 0. The Morgan fingerprint density at radius 1 is 1.19 bits per heavy atom. The third kappa shape index (κ3) is 3.20. The molecule has 7 heteroatoms. The number of fused-ring (bicyclic) bond motifs is 1. The van der Waals surface area contributed by atoms with Gasteiger partial charge in [0.15, 0.2) is 0 Å². The van der Waals surface area contributed by atoms with E-state index in [4.69, 9.17) is 0 Å². The minimum atomic E-state index is 0.707. The Morgan fingerprint density at radius 3 is 2.76 bits per heavy atom. The molecule has 0 aromatic carbocycles. The minimum Gasteiger partial charge on any atom is -0.372 e. The lowest BCUT2D eigenvalue weighted by molar-refractivity contribution is 0.308. The van der Waals surface area contributed by atoms with Crippen LogP contribution in [0, 0.1) is 6.92 Å². The zero-order valence-electron chi connectivity index (χ0n) is 12.3. The first kappa shape index (κ1) is 14.4. The summed E-state index contributed by atoms with van der Waals surface area (Å²) in [6, 6.07) is 2.05. The Kier molecular flexibility index (Phi) is 4.14. The first-order chi connectivity index (χ1) is 10.2. The van der Waals surface area contributed by atoms with Gasteiger partial charge in [0.1, 0.15) is 16.5 Å². The van der Waals surface area contributed by atoms with Crippen LogP contribution in [0.2, 0.25) is 0 Å². The molecule has 3 aromatic heterocycles. The number of nitrogens with one attached hydrogen (secondary N) is 1. The highest BCUT2D eigenvalue weighted by atomic mass is 32.1. The molecule has 0 aliphatic heterocycles. The first-order valence-electron chi connectivity index (χ1n) is 6.67. The van der Waals surface area contributed by atoms with Gasteiger partial charge in [0.25, 0.3) is 0 Å². The maximum atomic E-state index is 4.64. The van der Waals surface area contributed by atoms with Gasteiger partial charge in [-0.15, -0.1) is 22.7 Å². The van der Waals surface area contributed by atoms with Crippen molar-refractivity contribution in [3.05, 3.63) is 33.4 Å². The molecule has 0 radical (unpaired) electrons. The first-order valence-corrected chi connectivity index (χ1v) is 8.43. The number of hydrogen-bond donors (Lipinski definition) is 1. The molecule has 0 saturated heterocycles. The largest absolute Gasteiger partial charge is 0.372 e. The zero-order chi connectivity index (χ0) is 14.8. The van der Waals surface area contributed by atoms with Gasteiger partial charge >= 0.3 is 0 Å². The molecule has 1 N–H and O–H groups in total. The fraction of sp³-hybridized carbons (Fsp3) is 0.357. The average molecular weight is 319 g/mol. The Hall–Kier alpha value is -1.57. The monoisotopic (exact) mass is 319 g/mol. The molecule has 3 aromatic rings. The highest BCUT2D eigenvalue weighted by Gasteiger charge is 2.11. The van der Waals surface area contributed by atoms with E-state index in [-0.39, 0.29) is 0 Å². The highest BCUT2D eigenvalue weighted by Crippen LogP contribution is 2.25. The van der Waals surface area contributed by atoms with Crippen molar-refractivity contribution in [3.8, 4) is 0 Å². The van der Waals surface area contributed by atoms with Gasteiger partial charge in [-0.1, -0.05) is 0 Å². The van der Waals surface area contributed by atoms with Crippen LogP contribution in [0.15, 0.2) is 16.8 Å². The molecule has 0 spiro atoms. The molecule has 3 rings (SSSR count). The molecule has 0 saturated carbocycles. The summed E-state index contributed by atoms with van der Waals surface area (Å²) in [5.41, 5.74) is 1.10. The third-order valence-corrected chi connectivity index (χ3v) is 4.75. The summed E-state index contributed by atoms with van der Waals surface area (Å²) in [6.07, 6.45) is 0. The van der Waals surface area contributed by atoms with Gasteiger partial charge in [0, 0.05) is 19.0 Å². The molecule has 0 aliphatic rings. The van der Waals surface area contributed by atoms with E-state index in [2.05, 4.69) is 43.7 Å². The molecule has 0 fully saturated rings. The van der Waals surface area contributed by atoms with Crippen molar-refractivity contribution in [2.75, 3.05) is 19.4 Å². The summed E-state index contributed by atoms with van der Waals surface area (Å²) in [7, 11) is 3.96. The number of hydrogen-bond acceptors (Lipinski definition) is 7. The fourth-order valence-corrected chi connectivity index (χ4v) is 3.60. The predicted octanol–water partition coefficient (Wildman–Crippen LogP) is 3.13. The molecular weight excluding hydrogens is 302 g/mol. The quantitative estimate of drug-likeness (QED) is 0.783. The molecule has 0 amide bonds. The van der Waals surface area contributed by atoms with Crippen molar-refractivity contribution >= 4 is 38.7 Å². The highest BCUT2D eigenvalue weighted by molar-refractivity contribution is 7.16. The maximum Gasteiger partial charge on any atom is 0.146 e. The molecule has 3 heterocycles. The van der Waals surface area contributed by atoms with Crippen LogP contribution < -0.4 is 5.32 Å². The summed E-state index contributed by atoms with van der Waals surface area (Å²) in [5, 5.41) is 9.49. The molecule has 0 aliphatic carbocycles. The number of rotatable bonds is 5. The predicted molar refractivity (Wildman–Crippen MR) is 89.0 cm³/mol.